The molecule has 3 heterocycles. The molecule has 2 aliphatic heterocycles. The van der Waals surface area contributed by atoms with Gasteiger partial charge in [-0.25, -0.2) is 0 Å². The molecule has 0 bridgehead atoms. The number of likely N-dealkylation sites (tertiary alicyclic amines) is 1. The quantitative estimate of drug-likeness (QED) is 0.901. The highest BCUT2D eigenvalue weighted by Crippen LogP contribution is 2.35. The number of aromatic nitrogens is 2. The fourth-order valence-electron chi connectivity index (χ4n) is 3.53. The summed E-state index contributed by atoms with van der Waals surface area (Å²) < 4.78 is 7.66. The van der Waals surface area contributed by atoms with Gasteiger partial charge in [0.05, 0.1) is 11.7 Å². The Balaban J connectivity index is 1.68. The number of hydrogen-bond acceptors (Lipinski definition) is 4. The number of hydrogen-bond donors (Lipinski definition) is 1. The molecule has 122 valence electrons. The van der Waals surface area contributed by atoms with Crippen molar-refractivity contribution in [1.29, 1.82) is 0 Å². The van der Waals surface area contributed by atoms with Crippen LogP contribution in [0.2, 0.25) is 0 Å². The SMILES string of the molecule is CC(C)n1nccc1C(=O)N1CCC2(CC1)OCCC[C@@H]2O. The van der Waals surface area contributed by atoms with E-state index < -0.39 is 11.7 Å². The van der Waals surface area contributed by atoms with Gasteiger partial charge in [-0.05, 0) is 45.6 Å². The average molecular weight is 307 g/mol. The van der Waals surface area contributed by atoms with Crippen molar-refractivity contribution in [3.05, 3.63) is 18.0 Å². The highest BCUT2D eigenvalue weighted by molar-refractivity contribution is 5.92. The lowest BCUT2D eigenvalue weighted by molar-refractivity contribution is -0.174. The van der Waals surface area contributed by atoms with E-state index in [2.05, 4.69) is 5.10 Å². The number of aliphatic hydroxyl groups excluding tert-OH is 1. The molecule has 0 unspecified atom stereocenters. The van der Waals surface area contributed by atoms with Gasteiger partial charge in [-0.2, -0.15) is 5.10 Å². The number of ether oxygens (including phenoxy) is 1. The summed E-state index contributed by atoms with van der Waals surface area (Å²) in [6, 6.07) is 1.94. The van der Waals surface area contributed by atoms with Gasteiger partial charge in [0.25, 0.3) is 5.91 Å². The first-order valence-electron chi connectivity index (χ1n) is 8.18. The minimum absolute atomic E-state index is 0.0198. The van der Waals surface area contributed by atoms with Crippen LogP contribution in [-0.4, -0.2) is 57.1 Å². The lowest BCUT2D eigenvalue weighted by atomic mass is 9.82. The van der Waals surface area contributed by atoms with Gasteiger partial charge in [-0.15, -0.1) is 0 Å². The minimum atomic E-state index is -0.437. The number of carbonyl (C=O) groups is 1. The molecule has 2 fully saturated rings. The van der Waals surface area contributed by atoms with Crippen molar-refractivity contribution in [2.24, 2.45) is 0 Å². The second kappa shape index (κ2) is 6.01. The second-order valence-corrected chi connectivity index (χ2v) is 6.62. The standard InChI is InChI=1S/C16H25N3O3/c1-12(2)19-13(5-8-17-19)15(21)18-9-6-16(7-10-18)14(20)4-3-11-22-16/h5,8,12,14,20H,3-4,6-7,9-11H2,1-2H3/t14-/m0/s1. The highest BCUT2D eigenvalue weighted by atomic mass is 16.5. The lowest BCUT2D eigenvalue weighted by Crippen LogP contribution is -2.56. The molecule has 1 aromatic heterocycles. The summed E-state index contributed by atoms with van der Waals surface area (Å²) in [6.07, 6.45) is 4.39. The largest absolute Gasteiger partial charge is 0.390 e. The van der Waals surface area contributed by atoms with Crippen molar-refractivity contribution in [2.75, 3.05) is 19.7 Å². The van der Waals surface area contributed by atoms with Gasteiger partial charge in [-0.3, -0.25) is 9.48 Å². The van der Waals surface area contributed by atoms with E-state index in [-0.39, 0.29) is 11.9 Å². The van der Waals surface area contributed by atoms with E-state index in [1.54, 1.807) is 16.9 Å². The van der Waals surface area contributed by atoms with Crippen molar-refractivity contribution in [1.82, 2.24) is 14.7 Å². The fourth-order valence-corrected chi connectivity index (χ4v) is 3.53. The zero-order chi connectivity index (χ0) is 15.7. The predicted molar refractivity (Wildman–Crippen MR) is 81.7 cm³/mol. The Kier molecular flexibility index (Phi) is 4.23. The smallest absolute Gasteiger partial charge is 0.272 e. The summed E-state index contributed by atoms with van der Waals surface area (Å²) >= 11 is 0. The maximum absolute atomic E-state index is 12.7. The van der Waals surface area contributed by atoms with Crippen LogP contribution in [0.25, 0.3) is 0 Å². The Morgan fingerprint density at radius 3 is 2.82 bits per heavy atom. The molecule has 2 saturated heterocycles. The molecule has 2 aliphatic rings. The Morgan fingerprint density at radius 2 is 2.18 bits per heavy atom. The normalized spacial score (nSPS) is 24.9. The van der Waals surface area contributed by atoms with Gasteiger partial charge >= 0.3 is 0 Å². The van der Waals surface area contributed by atoms with E-state index >= 15 is 0 Å². The van der Waals surface area contributed by atoms with Crippen LogP contribution in [-0.2, 0) is 4.74 Å². The maximum Gasteiger partial charge on any atom is 0.272 e. The molecular formula is C16H25N3O3. The zero-order valence-electron chi connectivity index (χ0n) is 13.4. The van der Waals surface area contributed by atoms with Crippen molar-refractivity contribution in [3.63, 3.8) is 0 Å². The number of aliphatic hydroxyl groups is 1. The first-order valence-corrected chi connectivity index (χ1v) is 8.18. The summed E-state index contributed by atoms with van der Waals surface area (Å²) in [5, 5.41) is 14.5. The molecule has 6 nitrogen and oxygen atoms in total. The molecular weight excluding hydrogens is 282 g/mol. The van der Waals surface area contributed by atoms with Gasteiger partial charge in [0, 0.05) is 31.9 Å². The van der Waals surface area contributed by atoms with Gasteiger partial charge in [0.1, 0.15) is 5.69 Å². The number of amides is 1. The Labute approximate surface area is 131 Å². The summed E-state index contributed by atoms with van der Waals surface area (Å²) in [6.45, 7) is 5.99. The van der Waals surface area contributed by atoms with Gasteiger partial charge in [-0.1, -0.05) is 0 Å². The van der Waals surface area contributed by atoms with Crippen LogP contribution in [0, 0.1) is 0 Å². The summed E-state index contributed by atoms with van der Waals surface area (Å²) in [5.41, 5.74) is 0.198. The fraction of sp³-hybridized carbons (Fsp3) is 0.750. The van der Waals surface area contributed by atoms with Crippen molar-refractivity contribution in [2.45, 2.75) is 57.3 Å². The summed E-state index contributed by atoms with van der Waals surface area (Å²) in [7, 11) is 0. The van der Waals surface area contributed by atoms with Crippen molar-refractivity contribution in [3.8, 4) is 0 Å². The zero-order valence-corrected chi connectivity index (χ0v) is 13.4. The molecule has 0 aliphatic carbocycles. The van der Waals surface area contributed by atoms with E-state index in [9.17, 15) is 9.90 Å². The van der Waals surface area contributed by atoms with E-state index in [0.29, 0.717) is 38.2 Å². The Bertz CT molecular complexity index is 532. The Morgan fingerprint density at radius 1 is 1.45 bits per heavy atom. The molecule has 1 atom stereocenters. The molecule has 1 spiro atoms. The number of piperidine rings is 1. The topological polar surface area (TPSA) is 67.6 Å². The molecule has 0 radical (unpaired) electrons. The first-order chi connectivity index (χ1) is 10.5. The molecule has 1 N–H and O–H groups in total. The van der Waals surface area contributed by atoms with Crippen LogP contribution in [0.1, 0.15) is 56.1 Å². The molecule has 22 heavy (non-hydrogen) atoms. The van der Waals surface area contributed by atoms with Crippen LogP contribution >= 0.6 is 0 Å². The highest BCUT2D eigenvalue weighted by Gasteiger charge is 2.44. The lowest BCUT2D eigenvalue weighted by Gasteiger charge is -2.46. The van der Waals surface area contributed by atoms with Crippen LogP contribution < -0.4 is 0 Å². The molecule has 1 aromatic rings. The Hall–Kier alpha value is -1.40. The van der Waals surface area contributed by atoms with Crippen LogP contribution in [0.4, 0.5) is 0 Å². The third-order valence-electron chi connectivity index (χ3n) is 4.89. The second-order valence-electron chi connectivity index (χ2n) is 6.62. The van der Waals surface area contributed by atoms with Gasteiger partial charge in [0.15, 0.2) is 0 Å². The van der Waals surface area contributed by atoms with E-state index in [1.807, 2.05) is 18.7 Å². The monoisotopic (exact) mass is 307 g/mol. The van der Waals surface area contributed by atoms with Crippen LogP contribution in [0.3, 0.4) is 0 Å². The third kappa shape index (κ3) is 2.65. The van der Waals surface area contributed by atoms with E-state index in [4.69, 9.17) is 4.74 Å². The number of carbonyl (C=O) groups excluding carboxylic acids is 1. The maximum atomic E-state index is 12.7. The first kappa shape index (κ1) is 15.5. The van der Waals surface area contributed by atoms with Crippen molar-refractivity contribution < 1.29 is 14.6 Å². The third-order valence-corrected chi connectivity index (χ3v) is 4.89. The van der Waals surface area contributed by atoms with Gasteiger partial charge in [0.2, 0.25) is 0 Å². The van der Waals surface area contributed by atoms with Crippen molar-refractivity contribution >= 4 is 5.91 Å². The average Bonchev–Trinajstić information content (AvgIpc) is 3.00. The van der Waals surface area contributed by atoms with E-state index in [1.165, 1.54) is 0 Å². The summed E-state index contributed by atoms with van der Waals surface area (Å²) in [5.74, 6) is 0.0198. The minimum Gasteiger partial charge on any atom is -0.390 e. The number of rotatable bonds is 2. The molecule has 6 heteroatoms. The van der Waals surface area contributed by atoms with Gasteiger partial charge < -0.3 is 14.7 Å². The summed E-state index contributed by atoms with van der Waals surface area (Å²) in [4.78, 5) is 14.6. The van der Waals surface area contributed by atoms with Crippen LogP contribution in [0.15, 0.2) is 12.3 Å². The van der Waals surface area contributed by atoms with Crippen LogP contribution in [0.5, 0.6) is 0 Å². The molecule has 0 saturated carbocycles. The predicted octanol–water partition coefficient (Wildman–Crippen LogP) is 1.61. The molecule has 1 amide bonds. The number of nitrogens with zero attached hydrogens (tertiary/aromatic N) is 3. The van der Waals surface area contributed by atoms with E-state index in [0.717, 1.165) is 12.8 Å². The molecule has 3 rings (SSSR count). The molecule has 0 aromatic carbocycles.